The molecule has 0 bridgehead atoms. The Morgan fingerprint density at radius 1 is 0.358 bits per heavy atom. The van der Waals surface area contributed by atoms with Crippen molar-refractivity contribution in [3.63, 3.8) is 0 Å². The molecule has 11 aromatic rings. The fourth-order valence-corrected chi connectivity index (χ4v) is 12.3. The van der Waals surface area contributed by atoms with Gasteiger partial charge < -0.3 is 0 Å². The van der Waals surface area contributed by atoms with Gasteiger partial charge in [-0.05, 0) is 0 Å². The van der Waals surface area contributed by atoms with Gasteiger partial charge in [-0.1, -0.05) is 0 Å². The minimum absolute atomic E-state index is 0.137. The second-order valence-electron chi connectivity index (χ2n) is 14.0. The molecule has 0 aliphatic carbocycles. The molecule has 0 fully saturated rings. The summed E-state index contributed by atoms with van der Waals surface area (Å²) in [6.07, 6.45) is 0. The van der Waals surface area contributed by atoms with Crippen molar-refractivity contribution in [2.45, 2.75) is 6.92 Å². The predicted octanol–water partition coefficient (Wildman–Crippen LogP) is 14.7. The van der Waals surface area contributed by atoms with Gasteiger partial charge in [0.15, 0.2) is 0 Å². The van der Waals surface area contributed by atoms with Crippen molar-refractivity contribution in [1.82, 2.24) is 0 Å². The number of benzene rings is 9. The Labute approximate surface area is 318 Å². The molecular weight excluding hydrogens is 724 g/mol. The topological polar surface area (TPSA) is 0 Å². The molecule has 0 aliphatic rings. The van der Waals surface area contributed by atoms with Gasteiger partial charge in [-0.25, -0.2) is 0 Å². The summed E-state index contributed by atoms with van der Waals surface area (Å²) in [5, 5.41) is 13.2. The summed E-state index contributed by atoms with van der Waals surface area (Å²) < 4.78 is 2.94. The number of hydrogen-bond acceptors (Lipinski definition) is 1. The summed E-state index contributed by atoms with van der Waals surface area (Å²) in [5.74, 6) is 0. The van der Waals surface area contributed by atoms with Crippen LogP contribution < -0.4 is 0 Å². The minimum atomic E-state index is 0.137. The fraction of sp³-hybridized carbons (Fsp3) is 0.0196. The van der Waals surface area contributed by atoms with Crippen molar-refractivity contribution in [2.75, 3.05) is 0 Å². The standard InChI is InChI=1S/C51H32SSe/c1-31-26-29-45(52-31)50-41-22-11-7-18-37(41)48(38-19-8-12-23-42(38)50)33-27-28-34-43-24-13-25-44(51(43)53-46(34)30-33)49-39-20-9-5-16-35(39)47(32-14-3-2-4-15-32)36-17-6-10-21-40(36)49/h2-30H,1H3. The molecular formula is C51H32SSe. The molecule has 0 N–H and O–H groups in total. The zero-order valence-electron chi connectivity index (χ0n) is 29.1. The normalized spacial score (nSPS) is 11.9. The van der Waals surface area contributed by atoms with E-state index in [0.29, 0.717) is 0 Å². The average molecular weight is 756 g/mol. The molecule has 0 amide bonds. The monoisotopic (exact) mass is 756 g/mol. The predicted molar refractivity (Wildman–Crippen MR) is 233 cm³/mol. The molecule has 0 saturated carbocycles. The van der Waals surface area contributed by atoms with Crippen LogP contribution in [0.25, 0.3) is 106 Å². The molecule has 0 nitrogen and oxygen atoms in total. The Morgan fingerprint density at radius 3 is 1.40 bits per heavy atom. The molecule has 11 rings (SSSR count). The first-order chi connectivity index (χ1) is 26.2. The third kappa shape index (κ3) is 4.74. The van der Waals surface area contributed by atoms with Crippen LogP contribution in [-0.2, 0) is 0 Å². The van der Waals surface area contributed by atoms with Gasteiger partial charge in [-0.15, -0.1) is 0 Å². The van der Waals surface area contributed by atoms with Crippen LogP contribution in [0.2, 0.25) is 0 Å². The van der Waals surface area contributed by atoms with Crippen LogP contribution in [0.15, 0.2) is 176 Å². The summed E-state index contributed by atoms with van der Waals surface area (Å²) in [5.41, 5.74) is 9.25. The summed E-state index contributed by atoms with van der Waals surface area (Å²) in [6.45, 7) is 2.20. The molecule has 0 aliphatic heterocycles. The Morgan fingerprint density at radius 2 is 0.849 bits per heavy atom. The van der Waals surface area contributed by atoms with E-state index >= 15 is 0 Å². The molecule has 0 atom stereocenters. The molecule has 248 valence electrons. The number of fused-ring (bicyclic) bond motifs is 7. The number of aryl methyl sites for hydroxylation is 1. The van der Waals surface area contributed by atoms with Crippen LogP contribution >= 0.6 is 11.3 Å². The summed E-state index contributed by atoms with van der Waals surface area (Å²) in [7, 11) is 0. The zero-order valence-corrected chi connectivity index (χ0v) is 31.6. The summed E-state index contributed by atoms with van der Waals surface area (Å²) >= 11 is 2.02. The van der Waals surface area contributed by atoms with Gasteiger partial charge in [0.25, 0.3) is 0 Å². The van der Waals surface area contributed by atoms with E-state index in [0.717, 1.165) is 0 Å². The number of rotatable bonds is 4. The number of hydrogen-bond donors (Lipinski definition) is 0. The first-order valence-electron chi connectivity index (χ1n) is 18.2. The Bertz CT molecular complexity index is 3120. The maximum atomic E-state index is 2.51. The van der Waals surface area contributed by atoms with Crippen molar-refractivity contribution >= 4 is 88.2 Å². The van der Waals surface area contributed by atoms with Gasteiger partial charge in [-0.3, -0.25) is 0 Å². The van der Waals surface area contributed by atoms with Crippen molar-refractivity contribution in [2.24, 2.45) is 0 Å². The van der Waals surface area contributed by atoms with Gasteiger partial charge in [0.1, 0.15) is 0 Å². The van der Waals surface area contributed by atoms with Crippen molar-refractivity contribution in [3.05, 3.63) is 181 Å². The SMILES string of the molecule is Cc1ccc(-c2c3ccccc3c(-c3ccc4c(c3)[se]c3c(-c5c6ccccc6c(-c6ccccc6)c6ccccc56)cccc34)c3ccccc23)s1. The van der Waals surface area contributed by atoms with Crippen molar-refractivity contribution < 1.29 is 0 Å². The molecule has 2 heteroatoms. The molecule has 0 unspecified atom stereocenters. The van der Waals surface area contributed by atoms with Gasteiger partial charge in [-0.2, -0.15) is 0 Å². The van der Waals surface area contributed by atoms with E-state index < -0.39 is 0 Å². The molecule has 0 radical (unpaired) electrons. The molecule has 0 spiro atoms. The Hall–Kier alpha value is -5.76. The zero-order chi connectivity index (χ0) is 35.0. The van der Waals surface area contributed by atoms with Crippen LogP contribution in [0.5, 0.6) is 0 Å². The quantitative estimate of drug-likeness (QED) is 0.124. The maximum absolute atomic E-state index is 2.51. The fourth-order valence-electron chi connectivity index (χ4n) is 8.76. The van der Waals surface area contributed by atoms with Crippen LogP contribution in [0.1, 0.15) is 4.88 Å². The van der Waals surface area contributed by atoms with E-state index in [1.54, 1.807) is 0 Å². The Balaban J connectivity index is 1.17. The summed E-state index contributed by atoms with van der Waals surface area (Å²) in [6, 6.07) is 65.8. The number of thiophene rings is 1. The molecule has 2 aromatic heterocycles. The van der Waals surface area contributed by atoms with Crippen molar-refractivity contribution in [1.29, 1.82) is 0 Å². The van der Waals surface area contributed by atoms with E-state index in [1.165, 1.54) is 111 Å². The van der Waals surface area contributed by atoms with E-state index in [9.17, 15) is 0 Å². The van der Waals surface area contributed by atoms with Crippen LogP contribution in [0, 0.1) is 6.92 Å². The Kier molecular flexibility index (Phi) is 7.07. The van der Waals surface area contributed by atoms with Gasteiger partial charge in [0, 0.05) is 0 Å². The molecule has 53 heavy (non-hydrogen) atoms. The first-order valence-corrected chi connectivity index (χ1v) is 20.7. The molecule has 9 aromatic carbocycles. The van der Waals surface area contributed by atoms with E-state index in [-0.39, 0.29) is 14.5 Å². The summed E-state index contributed by atoms with van der Waals surface area (Å²) in [4.78, 5) is 2.67. The van der Waals surface area contributed by atoms with E-state index in [2.05, 4.69) is 183 Å². The van der Waals surface area contributed by atoms with Crippen molar-refractivity contribution in [3.8, 4) is 43.8 Å². The second kappa shape index (κ2) is 12.2. The average Bonchev–Trinajstić information content (AvgIpc) is 3.82. The van der Waals surface area contributed by atoms with Crippen LogP contribution in [0.3, 0.4) is 0 Å². The first kappa shape index (κ1) is 30.8. The second-order valence-corrected chi connectivity index (χ2v) is 17.4. The van der Waals surface area contributed by atoms with Gasteiger partial charge in [0.05, 0.1) is 0 Å². The van der Waals surface area contributed by atoms with Crippen LogP contribution in [0.4, 0.5) is 0 Å². The third-order valence-electron chi connectivity index (χ3n) is 11.0. The van der Waals surface area contributed by atoms with Gasteiger partial charge in [0.2, 0.25) is 0 Å². The van der Waals surface area contributed by atoms with E-state index in [4.69, 9.17) is 0 Å². The molecule has 0 saturated heterocycles. The third-order valence-corrected chi connectivity index (χ3v) is 14.5. The van der Waals surface area contributed by atoms with E-state index in [1.807, 2.05) is 11.3 Å². The van der Waals surface area contributed by atoms with Gasteiger partial charge >= 0.3 is 320 Å². The molecule has 2 heterocycles. The van der Waals surface area contributed by atoms with Crippen LogP contribution in [-0.4, -0.2) is 14.5 Å².